The number of hydrogen-bond acceptors (Lipinski definition) is 5. The zero-order valence-corrected chi connectivity index (χ0v) is 16.3. The summed E-state index contributed by atoms with van der Waals surface area (Å²) in [6.45, 7) is 4.98. The molecule has 0 N–H and O–H groups in total. The van der Waals surface area contributed by atoms with E-state index in [4.69, 9.17) is 9.72 Å². The van der Waals surface area contributed by atoms with Crippen LogP contribution in [0.5, 0.6) is 0 Å². The number of rotatable bonds is 2. The molecule has 0 saturated carbocycles. The Labute approximate surface area is 164 Å². The minimum absolute atomic E-state index is 0.105. The van der Waals surface area contributed by atoms with Gasteiger partial charge < -0.3 is 4.74 Å². The number of hydrogen-bond donors (Lipinski definition) is 0. The van der Waals surface area contributed by atoms with Crippen LogP contribution < -0.4 is 5.56 Å². The van der Waals surface area contributed by atoms with E-state index in [-0.39, 0.29) is 17.0 Å². The summed E-state index contributed by atoms with van der Waals surface area (Å²) < 4.78 is 21.2. The number of nitrogens with zero attached hydrogens (tertiary/aromatic N) is 3. The number of aromatic nitrogens is 3. The molecule has 28 heavy (non-hydrogen) atoms. The molecule has 4 heterocycles. The molecule has 3 aromatic heterocycles. The minimum Gasteiger partial charge on any atom is -0.370 e. The highest BCUT2D eigenvalue weighted by Crippen LogP contribution is 2.34. The van der Waals surface area contributed by atoms with E-state index in [1.165, 1.54) is 23.5 Å². The maximum atomic E-state index is 13.1. The number of benzene rings is 1. The molecule has 0 fully saturated rings. The van der Waals surface area contributed by atoms with Gasteiger partial charge in [0, 0.05) is 17.4 Å². The molecule has 0 radical (unpaired) electrons. The zero-order chi connectivity index (χ0) is 19.5. The molecule has 0 amide bonds. The van der Waals surface area contributed by atoms with E-state index in [0.717, 1.165) is 33.5 Å². The van der Waals surface area contributed by atoms with Gasteiger partial charge in [-0.1, -0.05) is 12.1 Å². The van der Waals surface area contributed by atoms with E-state index in [0.29, 0.717) is 23.4 Å². The van der Waals surface area contributed by atoms with Crippen molar-refractivity contribution in [2.24, 2.45) is 0 Å². The van der Waals surface area contributed by atoms with Crippen molar-refractivity contribution in [3.8, 4) is 0 Å². The van der Waals surface area contributed by atoms with Gasteiger partial charge in [-0.15, -0.1) is 11.3 Å². The summed E-state index contributed by atoms with van der Waals surface area (Å²) >= 11 is 1.38. The van der Waals surface area contributed by atoms with Gasteiger partial charge in [-0.3, -0.25) is 9.36 Å². The maximum Gasteiger partial charge on any atom is 0.271 e. The molecule has 0 bridgehead atoms. The Morgan fingerprint density at radius 1 is 1.29 bits per heavy atom. The molecule has 0 atom stereocenters. The maximum absolute atomic E-state index is 13.1. The largest absolute Gasteiger partial charge is 0.370 e. The van der Waals surface area contributed by atoms with Gasteiger partial charge in [0.2, 0.25) is 0 Å². The van der Waals surface area contributed by atoms with Gasteiger partial charge >= 0.3 is 0 Å². The van der Waals surface area contributed by atoms with E-state index < -0.39 is 0 Å². The molecule has 0 unspecified atom stereocenters. The molecule has 1 aromatic carbocycles. The molecular formula is C21H18FN3O2S. The van der Waals surface area contributed by atoms with Crippen LogP contribution in [0.4, 0.5) is 4.39 Å². The fraction of sp³-hybridized carbons (Fsp3) is 0.286. The lowest BCUT2D eigenvalue weighted by molar-refractivity contribution is -0.0411. The first kappa shape index (κ1) is 17.5. The zero-order valence-electron chi connectivity index (χ0n) is 15.5. The van der Waals surface area contributed by atoms with Crippen LogP contribution in [0.2, 0.25) is 0 Å². The molecule has 5 nitrogen and oxygen atoms in total. The fourth-order valence-electron chi connectivity index (χ4n) is 3.58. The van der Waals surface area contributed by atoms with Crippen molar-refractivity contribution in [1.82, 2.24) is 14.5 Å². The first-order valence-electron chi connectivity index (χ1n) is 9.08. The van der Waals surface area contributed by atoms with E-state index in [1.54, 1.807) is 23.0 Å². The molecule has 1 aliphatic rings. The highest BCUT2D eigenvalue weighted by atomic mass is 32.1. The minimum atomic E-state index is -0.295. The van der Waals surface area contributed by atoms with Crippen LogP contribution in [-0.2, 0) is 24.3 Å². The Kier molecular flexibility index (Phi) is 3.86. The van der Waals surface area contributed by atoms with Gasteiger partial charge in [-0.2, -0.15) is 0 Å². The van der Waals surface area contributed by atoms with Crippen LogP contribution in [0.1, 0.15) is 30.7 Å². The molecule has 7 heteroatoms. The van der Waals surface area contributed by atoms with Crippen molar-refractivity contribution < 1.29 is 9.13 Å². The molecule has 1 aliphatic heterocycles. The Bertz CT molecular complexity index is 1280. The predicted molar refractivity (Wildman–Crippen MR) is 107 cm³/mol. The summed E-state index contributed by atoms with van der Waals surface area (Å²) in [4.78, 5) is 23.2. The highest BCUT2D eigenvalue weighted by molar-refractivity contribution is 7.25. The van der Waals surface area contributed by atoms with E-state index >= 15 is 0 Å². The van der Waals surface area contributed by atoms with Crippen molar-refractivity contribution >= 4 is 31.8 Å². The number of halogens is 1. The Morgan fingerprint density at radius 3 is 2.86 bits per heavy atom. The monoisotopic (exact) mass is 395 g/mol. The predicted octanol–water partition coefficient (Wildman–Crippen LogP) is 4.04. The van der Waals surface area contributed by atoms with Gasteiger partial charge in [0.25, 0.3) is 5.56 Å². The first-order chi connectivity index (χ1) is 13.4. The van der Waals surface area contributed by atoms with E-state index in [1.807, 2.05) is 0 Å². The van der Waals surface area contributed by atoms with Crippen molar-refractivity contribution in [3.63, 3.8) is 0 Å². The van der Waals surface area contributed by atoms with Crippen molar-refractivity contribution in [2.45, 2.75) is 39.0 Å². The molecule has 5 rings (SSSR count). The lowest BCUT2D eigenvalue weighted by Crippen LogP contribution is -2.32. The average molecular weight is 395 g/mol. The Balaban J connectivity index is 1.61. The molecule has 0 saturated heterocycles. The average Bonchev–Trinajstić information content (AvgIpc) is 3.01. The van der Waals surface area contributed by atoms with Crippen LogP contribution in [-0.4, -0.2) is 20.1 Å². The normalized spacial score (nSPS) is 15.8. The third-order valence-corrected chi connectivity index (χ3v) is 6.16. The fourth-order valence-corrected chi connectivity index (χ4v) is 4.66. The van der Waals surface area contributed by atoms with Gasteiger partial charge in [-0.25, -0.2) is 14.4 Å². The van der Waals surface area contributed by atoms with E-state index in [2.05, 4.69) is 24.9 Å². The van der Waals surface area contributed by atoms with Crippen LogP contribution in [0.15, 0.2) is 41.5 Å². The number of pyridine rings is 1. The summed E-state index contributed by atoms with van der Waals surface area (Å²) in [5, 5.41) is 0.896. The highest BCUT2D eigenvalue weighted by Gasteiger charge is 2.28. The third kappa shape index (κ3) is 2.91. The van der Waals surface area contributed by atoms with Crippen molar-refractivity contribution in [3.05, 3.63) is 69.7 Å². The van der Waals surface area contributed by atoms with Crippen LogP contribution >= 0.6 is 11.3 Å². The second-order valence-corrected chi connectivity index (χ2v) is 8.75. The number of fused-ring (bicyclic) bond motifs is 4. The van der Waals surface area contributed by atoms with Crippen LogP contribution in [0.25, 0.3) is 20.4 Å². The number of thiophene rings is 1. The standard InChI is InChI=1S/C21H18FN3O2S/c1-21(2)8-16-13(10-27-21)7-15-17-18(28-19(15)24-16)20(26)25(11-23-17)9-12-3-5-14(22)6-4-12/h3-7,11H,8-10H2,1-2H3. The lowest BCUT2D eigenvalue weighted by atomic mass is 9.95. The number of ether oxygens (including phenoxy) is 1. The second kappa shape index (κ2) is 6.18. The summed E-state index contributed by atoms with van der Waals surface area (Å²) in [7, 11) is 0. The van der Waals surface area contributed by atoms with Gasteiger partial charge in [-0.05, 0) is 37.6 Å². The van der Waals surface area contributed by atoms with Gasteiger partial charge in [0.15, 0.2) is 0 Å². The topological polar surface area (TPSA) is 57.0 Å². The third-order valence-electron chi connectivity index (χ3n) is 5.08. The Hall–Kier alpha value is -2.64. The lowest BCUT2D eigenvalue weighted by Gasteiger charge is -2.30. The van der Waals surface area contributed by atoms with Crippen molar-refractivity contribution in [2.75, 3.05) is 0 Å². The van der Waals surface area contributed by atoms with Gasteiger partial charge in [0.05, 0.1) is 36.3 Å². The smallest absolute Gasteiger partial charge is 0.271 e. The Morgan fingerprint density at radius 2 is 2.07 bits per heavy atom. The summed E-state index contributed by atoms with van der Waals surface area (Å²) in [5.41, 5.74) is 3.28. The SMILES string of the molecule is CC1(C)Cc2nc3sc4c(=O)n(Cc5ccc(F)cc5)cnc4c3cc2CO1. The summed E-state index contributed by atoms with van der Waals surface area (Å²) in [5.74, 6) is -0.295. The van der Waals surface area contributed by atoms with Gasteiger partial charge in [0.1, 0.15) is 15.3 Å². The quantitative estimate of drug-likeness (QED) is 0.514. The van der Waals surface area contributed by atoms with Crippen LogP contribution in [0, 0.1) is 5.82 Å². The summed E-state index contributed by atoms with van der Waals surface area (Å²) in [6, 6.07) is 8.19. The van der Waals surface area contributed by atoms with Crippen molar-refractivity contribution in [1.29, 1.82) is 0 Å². The van der Waals surface area contributed by atoms with E-state index in [9.17, 15) is 9.18 Å². The summed E-state index contributed by atoms with van der Waals surface area (Å²) in [6.07, 6.45) is 2.30. The molecule has 4 aromatic rings. The van der Waals surface area contributed by atoms with Crippen LogP contribution in [0.3, 0.4) is 0 Å². The second-order valence-electron chi connectivity index (χ2n) is 7.76. The molecule has 0 spiro atoms. The molecule has 0 aliphatic carbocycles. The molecule has 142 valence electrons. The molecular weight excluding hydrogens is 377 g/mol. The first-order valence-corrected chi connectivity index (χ1v) is 9.90.